The number of aliphatic carboxylic acids is 1. The maximum absolute atomic E-state index is 12.3. The first-order valence-corrected chi connectivity index (χ1v) is 6.44. The van der Waals surface area contributed by atoms with Gasteiger partial charge >= 0.3 is 12.0 Å². The number of carbonyl (C=O) groups excluding carboxylic acids is 1. The minimum Gasteiger partial charge on any atom is -0.480 e. The van der Waals surface area contributed by atoms with Gasteiger partial charge in [0.05, 0.1) is 12.1 Å². The van der Waals surface area contributed by atoms with Crippen molar-refractivity contribution in [2.24, 2.45) is 0 Å². The highest BCUT2D eigenvalue weighted by Gasteiger charge is 2.33. The first-order valence-electron chi connectivity index (χ1n) is 6.44. The Labute approximate surface area is 117 Å². The van der Waals surface area contributed by atoms with Crippen LogP contribution >= 0.6 is 0 Å². The molecule has 1 fully saturated rings. The number of carboxylic acid groups (broad SMARTS) is 1. The van der Waals surface area contributed by atoms with E-state index in [0.717, 1.165) is 0 Å². The number of nitrogens with one attached hydrogen (secondary N) is 1. The van der Waals surface area contributed by atoms with Gasteiger partial charge in [0.15, 0.2) is 0 Å². The molecule has 20 heavy (non-hydrogen) atoms. The van der Waals surface area contributed by atoms with E-state index in [1.807, 2.05) is 13.0 Å². The van der Waals surface area contributed by atoms with Gasteiger partial charge in [-0.3, -0.25) is 9.69 Å². The molecule has 1 aliphatic rings. The van der Waals surface area contributed by atoms with E-state index in [9.17, 15) is 9.59 Å². The zero-order chi connectivity index (χ0) is 14.6. The van der Waals surface area contributed by atoms with Crippen molar-refractivity contribution in [3.8, 4) is 0 Å². The Morgan fingerprint density at radius 3 is 2.65 bits per heavy atom. The van der Waals surface area contributed by atoms with Crippen molar-refractivity contribution in [3.63, 3.8) is 0 Å². The lowest BCUT2D eigenvalue weighted by molar-refractivity contribution is -0.135. The summed E-state index contributed by atoms with van der Waals surface area (Å²) in [5.41, 5.74) is 0.109. The van der Waals surface area contributed by atoms with Gasteiger partial charge in [0.2, 0.25) is 0 Å². The molecular weight excluding hydrogens is 260 g/mol. The fraction of sp³-hybridized carbons (Fsp3) is 0.429. The van der Waals surface area contributed by atoms with E-state index in [2.05, 4.69) is 5.32 Å². The van der Waals surface area contributed by atoms with E-state index < -0.39 is 17.5 Å². The number of urea groups is 1. The number of nitrogens with zero attached hydrogens (tertiary/aromatic N) is 1. The van der Waals surface area contributed by atoms with Crippen LogP contribution in [0.5, 0.6) is 0 Å². The second-order valence-electron chi connectivity index (χ2n) is 5.11. The van der Waals surface area contributed by atoms with Crippen LogP contribution in [-0.4, -0.2) is 42.4 Å². The fourth-order valence-electron chi connectivity index (χ4n) is 2.11. The summed E-state index contributed by atoms with van der Waals surface area (Å²) in [4.78, 5) is 24.5. The number of hydrogen-bond acceptors (Lipinski definition) is 3. The predicted octanol–water partition coefficient (Wildman–Crippen LogP) is 1.47. The highest BCUT2D eigenvalue weighted by molar-refractivity contribution is 5.96. The number of benzene rings is 1. The third-order valence-corrected chi connectivity index (χ3v) is 3.23. The lowest BCUT2D eigenvalue weighted by Crippen LogP contribution is -2.53. The Bertz CT molecular complexity index is 483. The molecule has 1 unspecified atom stereocenters. The molecule has 0 aromatic heterocycles. The van der Waals surface area contributed by atoms with Gasteiger partial charge in [-0.15, -0.1) is 0 Å². The molecule has 6 heteroatoms. The Balaban J connectivity index is 2.14. The average molecular weight is 278 g/mol. The first-order chi connectivity index (χ1) is 9.50. The molecular formula is C14H18N2O4. The van der Waals surface area contributed by atoms with E-state index >= 15 is 0 Å². The number of amides is 2. The molecule has 2 rings (SSSR count). The topological polar surface area (TPSA) is 78.9 Å². The Morgan fingerprint density at radius 1 is 1.40 bits per heavy atom. The summed E-state index contributed by atoms with van der Waals surface area (Å²) in [5, 5.41) is 11.8. The second-order valence-corrected chi connectivity index (χ2v) is 5.11. The fourth-order valence-corrected chi connectivity index (χ4v) is 2.11. The molecule has 2 N–H and O–H groups in total. The lowest BCUT2D eigenvalue weighted by atomic mass is 10.0. The molecule has 108 valence electrons. The van der Waals surface area contributed by atoms with Crippen molar-refractivity contribution in [3.05, 3.63) is 30.3 Å². The van der Waals surface area contributed by atoms with Crippen LogP contribution in [0.3, 0.4) is 0 Å². The number of rotatable bonds is 4. The van der Waals surface area contributed by atoms with Gasteiger partial charge in [-0.1, -0.05) is 18.2 Å². The van der Waals surface area contributed by atoms with Crippen LogP contribution < -0.4 is 10.2 Å². The van der Waals surface area contributed by atoms with E-state index in [1.54, 1.807) is 24.3 Å². The molecule has 0 bridgehead atoms. The number of para-hydroxylation sites is 1. The summed E-state index contributed by atoms with van der Waals surface area (Å²) in [7, 11) is 0. The summed E-state index contributed by atoms with van der Waals surface area (Å²) in [6.45, 7) is 2.55. The second kappa shape index (κ2) is 5.92. The van der Waals surface area contributed by atoms with Crippen LogP contribution in [0.25, 0.3) is 0 Å². The van der Waals surface area contributed by atoms with Crippen LogP contribution in [0.1, 0.15) is 13.3 Å². The van der Waals surface area contributed by atoms with Crippen LogP contribution in [-0.2, 0) is 9.53 Å². The normalized spacial score (nSPS) is 21.4. The highest BCUT2D eigenvalue weighted by atomic mass is 16.5. The highest BCUT2D eigenvalue weighted by Crippen LogP contribution is 2.19. The van der Waals surface area contributed by atoms with E-state index in [4.69, 9.17) is 9.84 Å². The summed E-state index contributed by atoms with van der Waals surface area (Å²) in [6, 6.07) is 8.32. The number of ether oxygens (including phenoxy) is 1. The van der Waals surface area contributed by atoms with Gasteiger partial charge in [0, 0.05) is 12.3 Å². The molecule has 1 aromatic carbocycles. The van der Waals surface area contributed by atoms with E-state index in [1.165, 1.54) is 4.90 Å². The standard InChI is InChI=1S/C14H18N2O4/c1-14(7-8-20-10-14)15-13(19)16(9-12(17)18)11-5-3-2-4-6-11/h2-6H,7-10H2,1H3,(H,15,19)(H,17,18). The Morgan fingerprint density at radius 2 is 2.10 bits per heavy atom. The Hall–Kier alpha value is -2.08. The maximum Gasteiger partial charge on any atom is 0.323 e. The quantitative estimate of drug-likeness (QED) is 0.874. The average Bonchev–Trinajstić information content (AvgIpc) is 2.83. The molecule has 0 spiro atoms. The smallest absolute Gasteiger partial charge is 0.323 e. The molecule has 0 saturated carbocycles. The molecule has 1 saturated heterocycles. The SMILES string of the molecule is CC1(NC(=O)N(CC(=O)O)c2ccccc2)CCOC1. The van der Waals surface area contributed by atoms with Gasteiger partial charge in [0.25, 0.3) is 0 Å². The van der Waals surface area contributed by atoms with E-state index in [-0.39, 0.29) is 6.54 Å². The summed E-state index contributed by atoms with van der Waals surface area (Å²) in [5.74, 6) is -1.06. The maximum atomic E-state index is 12.3. The zero-order valence-corrected chi connectivity index (χ0v) is 11.3. The van der Waals surface area contributed by atoms with Gasteiger partial charge in [-0.05, 0) is 25.5 Å². The van der Waals surface area contributed by atoms with Gasteiger partial charge in [-0.2, -0.15) is 0 Å². The summed E-state index contributed by atoms with van der Waals surface area (Å²) in [6.07, 6.45) is 0.717. The van der Waals surface area contributed by atoms with Crippen molar-refractivity contribution in [1.29, 1.82) is 0 Å². The monoisotopic (exact) mass is 278 g/mol. The minimum absolute atomic E-state index is 0.382. The van der Waals surface area contributed by atoms with Gasteiger partial charge < -0.3 is 15.2 Å². The number of carboxylic acids is 1. The summed E-state index contributed by atoms with van der Waals surface area (Å²) >= 11 is 0. The number of carbonyl (C=O) groups is 2. The minimum atomic E-state index is -1.06. The summed E-state index contributed by atoms with van der Waals surface area (Å²) < 4.78 is 5.28. The van der Waals surface area contributed by atoms with Gasteiger partial charge in [-0.25, -0.2) is 4.79 Å². The molecule has 1 aliphatic heterocycles. The van der Waals surface area contributed by atoms with Crippen molar-refractivity contribution >= 4 is 17.7 Å². The molecule has 0 aliphatic carbocycles. The number of hydrogen-bond donors (Lipinski definition) is 2. The molecule has 1 atom stereocenters. The third kappa shape index (κ3) is 3.48. The molecule has 6 nitrogen and oxygen atoms in total. The van der Waals surface area contributed by atoms with Crippen molar-refractivity contribution in [1.82, 2.24) is 5.32 Å². The predicted molar refractivity (Wildman–Crippen MR) is 73.8 cm³/mol. The molecule has 1 aromatic rings. The number of anilines is 1. The van der Waals surface area contributed by atoms with Crippen LogP contribution in [0, 0.1) is 0 Å². The third-order valence-electron chi connectivity index (χ3n) is 3.23. The molecule has 0 radical (unpaired) electrons. The largest absolute Gasteiger partial charge is 0.480 e. The Kier molecular flexibility index (Phi) is 4.24. The molecule has 2 amide bonds. The van der Waals surface area contributed by atoms with Crippen LogP contribution in [0.2, 0.25) is 0 Å². The molecule has 1 heterocycles. The van der Waals surface area contributed by atoms with E-state index in [0.29, 0.717) is 25.3 Å². The first kappa shape index (κ1) is 14.3. The lowest BCUT2D eigenvalue weighted by Gasteiger charge is -2.29. The van der Waals surface area contributed by atoms with Crippen molar-refractivity contribution in [2.45, 2.75) is 18.9 Å². The van der Waals surface area contributed by atoms with Crippen molar-refractivity contribution < 1.29 is 19.4 Å². The van der Waals surface area contributed by atoms with Crippen molar-refractivity contribution in [2.75, 3.05) is 24.7 Å². The zero-order valence-electron chi connectivity index (χ0n) is 11.3. The van der Waals surface area contributed by atoms with Gasteiger partial charge in [0.1, 0.15) is 6.54 Å². The van der Waals surface area contributed by atoms with Crippen LogP contribution in [0.4, 0.5) is 10.5 Å². The van der Waals surface area contributed by atoms with Crippen LogP contribution in [0.15, 0.2) is 30.3 Å².